The average Bonchev–Trinajstić information content (AvgIpc) is 2.59. The molecule has 0 N–H and O–H groups in total. The zero-order valence-corrected chi connectivity index (χ0v) is 8.50. The molecule has 0 bridgehead atoms. The molecule has 0 saturated heterocycles. The summed E-state index contributed by atoms with van der Waals surface area (Å²) in [6, 6.07) is 0. The Labute approximate surface area is 78.8 Å². The van der Waals surface area contributed by atoms with Crippen LogP contribution in [0.4, 0.5) is 0 Å². The van der Waals surface area contributed by atoms with E-state index in [1.54, 1.807) is 0 Å². The number of hydrogen-bond donors (Lipinski definition) is 0. The van der Waals surface area contributed by atoms with Crippen molar-refractivity contribution in [1.29, 1.82) is 0 Å². The van der Waals surface area contributed by atoms with Crippen molar-refractivity contribution in [2.75, 3.05) is 0 Å². The molecule has 0 radical (unpaired) electrons. The first-order chi connectivity index (χ1) is 6.22. The lowest BCUT2D eigenvalue weighted by molar-refractivity contribution is 0.0987. The van der Waals surface area contributed by atoms with Gasteiger partial charge in [0, 0.05) is 19.2 Å². The first-order valence-corrected chi connectivity index (χ1v) is 4.82. The zero-order chi connectivity index (χ0) is 9.84. The van der Waals surface area contributed by atoms with Gasteiger partial charge in [-0.15, -0.1) is 0 Å². The topological polar surface area (TPSA) is 34.9 Å². The van der Waals surface area contributed by atoms with Gasteiger partial charge in [-0.3, -0.25) is 9.48 Å². The molecule has 0 saturated carbocycles. The molecule has 0 aromatic carbocycles. The second-order valence-corrected chi connectivity index (χ2v) is 2.98. The highest BCUT2D eigenvalue weighted by molar-refractivity contribution is 5.96. The number of carbonyl (C=O) groups excluding carboxylic acids is 1. The minimum absolute atomic E-state index is 0.191. The van der Waals surface area contributed by atoms with Crippen LogP contribution in [0.25, 0.3) is 0 Å². The summed E-state index contributed by atoms with van der Waals surface area (Å²) in [7, 11) is 0. The van der Waals surface area contributed by atoms with Gasteiger partial charge in [-0.05, 0) is 13.3 Å². The van der Waals surface area contributed by atoms with E-state index in [9.17, 15) is 4.79 Å². The lowest BCUT2D eigenvalue weighted by Crippen LogP contribution is -1.98. The fourth-order valence-corrected chi connectivity index (χ4v) is 1.31. The number of carbonyl (C=O) groups is 1. The van der Waals surface area contributed by atoms with Crippen LogP contribution >= 0.6 is 0 Å². The number of nitrogens with zero attached hydrogens (tertiary/aromatic N) is 2. The van der Waals surface area contributed by atoms with Crippen LogP contribution in [0.3, 0.4) is 0 Å². The monoisotopic (exact) mass is 180 g/mol. The Morgan fingerprint density at radius 2 is 2.15 bits per heavy atom. The van der Waals surface area contributed by atoms with Gasteiger partial charge >= 0.3 is 0 Å². The minimum atomic E-state index is 0.191. The van der Waals surface area contributed by atoms with Crippen LogP contribution in [0.5, 0.6) is 0 Å². The normalized spacial score (nSPS) is 10.4. The van der Waals surface area contributed by atoms with Gasteiger partial charge in [0.2, 0.25) is 0 Å². The average molecular weight is 180 g/mol. The van der Waals surface area contributed by atoms with Gasteiger partial charge in [-0.2, -0.15) is 5.10 Å². The van der Waals surface area contributed by atoms with Crippen molar-refractivity contribution in [2.45, 2.75) is 40.2 Å². The Morgan fingerprint density at radius 1 is 1.46 bits per heavy atom. The largest absolute Gasteiger partial charge is 0.294 e. The lowest BCUT2D eigenvalue weighted by Gasteiger charge is -1.93. The smallest absolute Gasteiger partial charge is 0.166 e. The fraction of sp³-hybridized carbons (Fsp3) is 0.600. The Bertz CT molecular complexity index is 302. The molecule has 0 fully saturated rings. The van der Waals surface area contributed by atoms with Gasteiger partial charge in [-0.1, -0.05) is 13.8 Å². The molecule has 0 amide bonds. The molecule has 13 heavy (non-hydrogen) atoms. The first-order valence-electron chi connectivity index (χ1n) is 4.82. The number of hydrogen-bond acceptors (Lipinski definition) is 2. The second-order valence-electron chi connectivity index (χ2n) is 2.98. The zero-order valence-electron chi connectivity index (χ0n) is 8.50. The quantitative estimate of drug-likeness (QED) is 0.665. The SMILES string of the molecule is CCC(=O)c1cn(CC)nc1CC. The van der Waals surface area contributed by atoms with E-state index in [1.165, 1.54) is 0 Å². The molecule has 1 heterocycles. The van der Waals surface area contributed by atoms with Crippen LogP contribution in [0.1, 0.15) is 43.2 Å². The summed E-state index contributed by atoms with van der Waals surface area (Å²) in [5.74, 6) is 0.191. The highest BCUT2D eigenvalue weighted by Crippen LogP contribution is 2.10. The summed E-state index contributed by atoms with van der Waals surface area (Å²) >= 11 is 0. The third-order valence-corrected chi connectivity index (χ3v) is 2.12. The lowest BCUT2D eigenvalue weighted by atomic mass is 10.1. The summed E-state index contributed by atoms with van der Waals surface area (Å²) in [6.07, 6.45) is 3.24. The number of ketones is 1. The molecule has 3 nitrogen and oxygen atoms in total. The van der Waals surface area contributed by atoms with Gasteiger partial charge in [0.05, 0.1) is 11.3 Å². The third kappa shape index (κ3) is 1.97. The summed E-state index contributed by atoms with van der Waals surface area (Å²) in [4.78, 5) is 11.5. The van der Waals surface area contributed by atoms with Crippen LogP contribution in [-0.4, -0.2) is 15.6 Å². The van der Waals surface area contributed by atoms with Gasteiger partial charge in [0.25, 0.3) is 0 Å². The van der Waals surface area contributed by atoms with E-state index in [4.69, 9.17) is 0 Å². The van der Waals surface area contributed by atoms with E-state index in [2.05, 4.69) is 5.10 Å². The van der Waals surface area contributed by atoms with E-state index in [0.717, 1.165) is 24.2 Å². The van der Waals surface area contributed by atoms with Crippen molar-refractivity contribution in [3.8, 4) is 0 Å². The van der Waals surface area contributed by atoms with Crippen LogP contribution in [0, 0.1) is 0 Å². The number of rotatable bonds is 4. The van der Waals surface area contributed by atoms with E-state index >= 15 is 0 Å². The number of Topliss-reactive ketones (excluding diaryl/α,β-unsaturated/α-hetero) is 1. The molecule has 1 rings (SSSR count). The van der Waals surface area contributed by atoms with Crippen molar-refractivity contribution in [1.82, 2.24) is 9.78 Å². The fourth-order valence-electron chi connectivity index (χ4n) is 1.31. The Balaban J connectivity index is 3.03. The number of aryl methyl sites for hydroxylation is 2. The summed E-state index contributed by atoms with van der Waals surface area (Å²) < 4.78 is 1.82. The Hall–Kier alpha value is -1.12. The molecule has 3 heteroatoms. The maximum atomic E-state index is 11.5. The van der Waals surface area contributed by atoms with Crippen molar-refractivity contribution in [2.24, 2.45) is 0 Å². The van der Waals surface area contributed by atoms with E-state index in [0.29, 0.717) is 6.42 Å². The van der Waals surface area contributed by atoms with Gasteiger partial charge in [-0.25, -0.2) is 0 Å². The summed E-state index contributed by atoms with van der Waals surface area (Å²) in [6.45, 7) is 6.75. The molecule has 0 spiro atoms. The molecule has 0 unspecified atom stereocenters. The number of aromatic nitrogens is 2. The van der Waals surface area contributed by atoms with Gasteiger partial charge in [0.1, 0.15) is 0 Å². The Morgan fingerprint density at radius 3 is 2.62 bits per heavy atom. The molecule has 1 aromatic rings. The van der Waals surface area contributed by atoms with Crippen molar-refractivity contribution >= 4 is 5.78 Å². The minimum Gasteiger partial charge on any atom is -0.294 e. The molecule has 1 aromatic heterocycles. The molecular weight excluding hydrogens is 164 g/mol. The highest BCUT2D eigenvalue weighted by atomic mass is 16.1. The van der Waals surface area contributed by atoms with Crippen LogP contribution < -0.4 is 0 Å². The van der Waals surface area contributed by atoms with Gasteiger partial charge in [0.15, 0.2) is 5.78 Å². The standard InChI is InChI=1S/C10H16N2O/c1-4-9-8(10(13)5-2)7-12(6-3)11-9/h7H,4-6H2,1-3H3. The van der Waals surface area contributed by atoms with E-state index in [1.807, 2.05) is 31.6 Å². The molecule has 72 valence electrons. The van der Waals surface area contributed by atoms with E-state index < -0.39 is 0 Å². The molecular formula is C10H16N2O. The third-order valence-electron chi connectivity index (χ3n) is 2.12. The molecule has 0 aliphatic carbocycles. The maximum absolute atomic E-state index is 11.5. The predicted octanol–water partition coefficient (Wildman–Crippen LogP) is 2.06. The van der Waals surface area contributed by atoms with Crippen LogP contribution in [0.2, 0.25) is 0 Å². The maximum Gasteiger partial charge on any atom is 0.166 e. The van der Waals surface area contributed by atoms with E-state index in [-0.39, 0.29) is 5.78 Å². The molecule has 0 aliphatic rings. The molecule has 0 aliphatic heterocycles. The summed E-state index contributed by atoms with van der Waals surface area (Å²) in [5, 5.41) is 4.31. The van der Waals surface area contributed by atoms with Crippen molar-refractivity contribution in [3.05, 3.63) is 17.5 Å². The van der Waals surface area contributed by atoms with Crippen LogP contribution in [-0.2, 0) is 13.0 Å². The van der Waals surface area contributed by atoms with Gasteiger partial charge < -0.3 is 0 Å². The van der Waals surface area contributed by atoms with Crippen molar-refractivity contribution in [3.63, 3.8) is 0 Å². The summed E-state index contributed by atoms with van der Waals surface area (Å²) in [5.41, 5.74) is 1.72. The first kappa shape index (κ1) is 9.96. The van der Waals surface area contributed by atoms with Crippen molar-refractivity contribution < 1.29 is 4.79 Å². The van der Waals surface area contributed by atoms with Crippen LogP contribution in [0.15, 0.2) is 6.20 Å². The Kier molecular flexibility index (Phi) is 3.23. The second kappa shape index (κ2) is 4.21. The highest BCUT2D eigenvalue weighted by Gasteiger charge is 2.12. The molecule has 0 atom stereocenters. The predicted molar refractivity (Wildman–Crippen MR) is 51.9 cm³/mol.